The van der Waals surface area contributed by atoms with Gasteiger partial charge >= 0.3 is 0 Å². The van der Waals surface area contributed by atoms with Gasteiger partial charge in [0.25, 0.3) is 0 Å². The highest BCUT2D eigenvalue weighted by Gasteiger charge is 2.14. The number of benzene rings is 1. The zero-order valence-electron chi connectivity index (χ0n) is 8.94. The molecule has 0 spiro atoms. The molecule has 0 unspecified atom stereocenters. The molecule has 0 bridgehead atoms. The Balaban J connectivity index is 2.67. The molecule has 0 saturated carbocycles. The number of anilines is 1. The van der Waals surface area contributed by atoms with Gasteiger partial charge < -0.3 is 5.73 Å². The van der Waals surface area contributed by atoms with Gasteiger partial charge in [0.1, 0.15) is 5.82 Å². The Morgan fingerprint density at radius 2 is 2.06 bits per heavy atom. The number of rotatable bonds is 2. The summed E-state index contributed by atoms with van der Waals surface area (Å²) in [5, 5.41) is 6.77. The summed E-state index contributed by atoms with van der Waals surface area (Å²) in [6.07, 6.45) is 2.64. The van der Waals surface area contributed by atoms with Crippen molar-refractivity contribution in [3.8, 4) is 11.1 Å². The van der Waals surface area contributed by atoms with Crippen LogP contribution in [0, 0.1) is 0 Å². The molecule has 0 aliphatic carbocycles. The van der Waals surface area contributed by atoms with Crippen molar-refractivity contribution >= 4 is 27.3 Å². The quantitative estimate of drug-likeness (QED) is 0.870. The number of halogens is 1. The van der Waals surface area contributed by atoms with Crippen LogP contribution in [-0.2, 0) is 9.84 Å². The topological polar surface area (TPSA) is 88.8 Å². The third-order valence-corrected chi connectivity index (χ3v) is 3.76. The molecular formula is C10H10ClN3O2S. The van der Waals surface area contributed by atoms with Crippen molar-refractivity contribution in [1.82, 2.24) is 10.2 Å². The van der Waals surface area contributed by atoms with Crippen LogP contribution in [0.1, 0.15) is 0 Å². The van der Waals surface area contributed by atoms with Crippen molar-refractivity contribution in [3.63, 3.8) is 0 Å². The minimum absolute atomic E-state index is 0.192. The van der Waals surface area contributed by atoms with Crippen molar-refractivity contribution in [2.45, 2.75) is 4.90 Å². The number of nitrogens with zero attached hydrogens (tertiary/aromatic N) is 1. The summed E-state index contributed by atoms with van der Waals surface area (Å²) >= 11 is 6.02. The van der Waals surface area contributed by atoms with Gasteiger partial charge in [0.15, 0.2) is 9.84 Å². The number of nitrogens with one attached hydrogen (secondary N) is 1. The van der Waals surface area contributed by atoms with Gasteiger partial charge in [-0.2, -0.15) is 5.10 Å². The van der Waals surface area contributed by atoms with E-state index in [-0.39, 0.29) is 4.90 Å². The highest BCUT2D eigenvalue weighted by Crippen LogP contribution is 2.32. The second kappa shape index (κ2) is 4.05. The first kappa shape index (κ1) is 11.9. The summed E-state index contributed by atoms with van der Waals surface area (Å²) in [5.41, 5.74) is 6.80. The molecule has 1 aromatic heterocycles. The van der Waals surface area contributed by atoms with E-state index in [1.807, 2.05) is 0 Å². The molecule has 0 amide bonds. The molecule has 3 N–H and O–H groups in total. The molecule has 0 aliphatic rings. The third-order valence-electron chi connectivity index (χ3n) is 2.32. The largest absolute Gasteiger partial charge is 0.384 e. The van der Waals surface area contributed by atoms with E-state index >= 15 is 0 Å². The number of aromatic amines is 1. The van der Waals surface area contributed by atoms with Gasteiger partial charge in [0.05, 0.1) is 11.1 Å². The first-order valence-corrected chi connectivity index (χ1v) is 6.95. The zero-order chi connectivity index (χ0) is 12.6. The zero-order valence-corrected chi connectivity index (χ0v) is 10.5. The SMILES string of the molecule is CS(=O)(=O)c1ccc(Cl)c(-c2cn[nH]c2N)c1. The normalized spacial score (nSPS) is 11.6. The summed E-state index contributed by atoms with van der Waals surface area (Å²) in [6.45, 7) is 0. The number of nitrogen functional groups attached to an aromatic ring is 1. The lowest BCUT2D eigenvalue weighted by Gasteiger charge is -2.05. The molecule has 0 radical (unpaired) electrons. The van der Waals surface area contributed by atoms with E-state index < -0.39 is 9.84 Å². The van der Waals surface area contributed by atoms with Gasteiger partial charge in [0, 0.05) is 22.4 Å². The summed E-state index contributed by atoms with van der Waals surface area (Å²) < 4.78 is 22.9. The first-order valence-electron chi connectivity index (χ1n) is 4.68. The fourth-order valence-corrected chi connectivity index (χ4v) is 2.32. The van der Waals surface area contributed by atoms with E-state index in [4.69, 9.17) is 17.3 Å². The minimum atomic E-state index is -3.28. The number of hydrogen-bond acceptors (Lipinski definition) is 4. The maximum Gasteiger partial charge on any atom is 0.175 e. The van der Waals surface area contributed by atoms with Crippen molar-refractivity contribution in [2.24, 2.45) is 0 Å². The van der Waals surface area contributed by atoms with E-state index in [1.54, 1.807) is 0 Å². The number of H-pyrrole nitrogens is 1. The van der Waals surface area contributed by atoms with Crippen LogP contribution in [0.3, 0.4) is 0 Å². The molecule has 2 aromatic rings. The maximum atomic E-state index is 11.5. The third kappa shape index (κ3) is 2.27. The minimum Gasteiger partial charge on any atom is -0.384 e. The van der Waals surface area contributed by atoms with Crippen LogP contribution in [0.4, 0.5) is 5.82 Å². The van der Waals surface area contributed by atoms with Crippen molar-refractivity contribution in [2.75, 3.05) is 12.0 Å². The number of hydrogen-bond donors (Lipinski definition) is 2. The van der Waals surface area contributed by atoms with Gasteiger partial charge in [0.2, 0.25) is 0 Å². The highest BCUT2D eigenvalue weighted by atomic mass is 35.5. The molecule has 5 nitrogen and oxygen atoms in total. The molecule has 1 aromatic carbocycles. The van der Waals surface area contributed by atoms with Gasteiger partial charge in [-0.3, -0.25) is 5.10 Å². The standard InChI is InChI=1S/C10H10ClN3O2S/c1-17(15,16)6-2-3-9(11)7(4-6)8-5-13-14-10(8)12/h2-5H,1H3,(H3,12,13,14). The van der Waals surface area contributed by atoms with E-state index in [2.05, 4.69) is 10.2 Å². The van der Waals surface area contributed by atoms with Crippen LogP contribution < -0.4 is 5.73 Å². The van der Waals surface area contributed by atoms with E-state index in [9.17, 15) is 8.42 Å². The molecule has 1 heterocycles. The van der Waals surface area contributed by atoms with Gasteiger partial charge in [-0.1, -0.05) is 11.6 Å². The van der Waals surface area contributed by atoms with Crippen molar-refractivity contribution < 1.29 is 8.42 Å². The lowest BCUT2D eigenvalue weighted by atomic mass is 10.1. The fourth-order valence-electron chi connectivity index (χ4n) is 1.45. The highest BCUT2D eigenvalue weighted by molar-refractivity contribution is 7.90. The van der Waals surface area contributed by atoms with Gasteiger partial charge in [-0.25, -0.2) is 8.42 Å². The van der Waals surface area contributed by atoms with Crippen LogP contribution in [0.2, 0.25) is 5.02 Å². The Morgan fingerprint density at radius 1 is 1.35 bits per heavy atom. The average Bonchev–Trinajstić information content (AvgIpc) is 2.63. The molecule has 0 fully saturated rings. The van der Waals surface area contributed by atoms with Crippen LogP contribution >= 0.6 is 11.6 Å². The number of aromatic nitrogens is 2. The van der Waals surface area contributed by atoms with Crippen LogP contribution in [-0.4, -0.2) is 24.9 Å². The predicted molar refractivity (Wildman–Crippen MR) is 66.6 cm³/mol. The average molecular weight is 272 g/mol. The molecule has 2 rings (SSSR count). The summed E-state index contributed by atoms with van der Waals surface area (Å²) in [7, 11) is -3.28. The molecule has 90 valence electrons. The van der Waals surface area contributed by atoms with Crippen LogP contribution in [0.5, 0.6) is 0 Å². The molecule has 0 atom stereocenters. The van der Waals surface area contributed by atoms with E-state index in [0.717, 1.165) is 6.26 Å². The second-order valence-electron chi connectivity index (χ2n) is 3.61. The second-order valence-corrected chi connectivity index (χ2v) is 6.03. The van der Waals surface area contributed by atoms with Gasteiger partial charge in [-0.15, -0.1) is 0 Å². The molecule has 17 heavy (non-hydrogen) atoms. The van der Waals surface area contributed by atoms with Gasteiger partial charge in [-0.05, 0) is 18.2 Å². The number of nitrogens with two attached hydrogens (primary N) is 1. The Bertz CT molecular complexity index is 664. The molecular weight excluding hydrogens is 262 g/mol. The monoisotopic (exact) mass is 271 g/mol. The smallest absolute Gasteiger partial charge is 0.175 e. The maximum absolute atomic E-state index is 11.5. The van der Waals surface area contributed by atoms with E-state index in [0.29, 0.717) is 22.0 Å². The van der Waals surface area contributed by atoms with Crippen molar-refractivity contribution in [1.29, 1.82) is 0 Å². The fraction of sp³-hybridized carbons (Fsp3) is 0.100. The molecule has 0 aliphatic heterocycles. The summed E-state index contributed by atoms with van der Waals surface area (Å²) in [4.78, 5) is 0.192. The number of sulfone groups is 1. The molecule has 0 saturated heterocycles. The summed E-state index contributed by atoms with van der Waals surface area (Å²) in [5.74, 6) is 0.345. The lowest BCUT2D eigenvalue weighted by molar-refractivity contribution is 0.602. The Hall–Kier alpha value is -1.53. The van der Waals surface area contributed by atoms with Crippen molar-refractivity contribution in [3.05, 3.63) is 29.4 Å². The first-order chi connectivity index (χ1) is 7.89. The lowest BCUT2D eigenvalue weighted by Crippen LogP contribution is -1.97. The van der Waals surface area contributed by atoms with Crippen LogP contribution in [0.25, 0.3) is 11.1 Å². The van der Waals surface area contributed by atoms with Crippen LogP contribution in [0.15, 0.2) is 29.3 Å². The molecule has 7 heteroatoms. The Kier molecular flexibility index (Phi) is 2.84. The predicted octanol–water partition coefficient (Wildman–Crippen LogP) is 1.72. The Labute approximate surface area is 104 Å². The van der Waals surface area contributed by atoms with E-state index in [1.165, 1.54) is 24.4 Å². The summed E-state index contributed by atoms with van der Waals surface area (Å²) in [6, 6.07) is 4.47. The Morgan fingerprint density at radius 3 is 2.59 bits per heavy atom.